The van der Waals surface area contributed by atoms with Crippen LogP contribution in [-0.2, 0) is 9.53 Å². The van der Waals surface area contributed by atoms with Crippen molar-refractivity contribution < 1.29 is 14.3 Å². The van der Waals surface area contributed by atoms with Crippen LogP contribution in [0.15, 0.2) is 11.6 Å². The summed E-state index contributed by atoms with van der Waals surface area (Å²) < 4.78 is 5.23. The first-order chi connectivity index (χ1) is 11.0. The maximum Gasteiger partial charge on any atom is 0.404 e. The predicted molar refractivity (Wildman–Crippen MR) is 86.5 cm³/mol. The summed E-state index contributed by atoms with van der Waals surface area (Å²) in [4.78, 5) is 23.4. The van der Waals surface area contributed by atoms with Gasteiger partial charge in [0.1, 0.15) is 11.9 Å². The van der Waals surface area contributed by atoms with Crippen molar-refractivity contribution in [3.05, 3.63) is 11.6 Å². The number of fused-ring (bicyclic) bond motifs is 5. The van der Waals surface area contributed by atoms with Crippen molar-refractivity contribution >= 4 is 11.9 Å². The van der Waals surface area contributed by atoms with E-state index in [1.807, 2.05) is 0 Å². The highest BCUT2D eigenvalue weighted by Gasteiger charge is 2.55. The maximum absolute atomic E-state index is 12.4. The first-order valence-electron chi connectivity index (χ1n) is 9.17. The topological polar surface area (TPSA) is 69.4 Å². The normalized spacial score (nSPS) is 45.5. The fourth-order valence-electron chi connectivity index (χ4n) is 6.27. The van der Waals surface area contributed by atoms with Gasteiger partial charge in [0.2, 0.25) is 0 Å². The molecule has 0 aromatic heterocycles. The third-order valence-corrected chi connectivity index (χ3v) is 7.39. The highest BCUT2D eigenvalue weighted by atomic mass is 16.6. The van der Waals surface area contributed by atoms with E-state index >= 15 is 0 Å². The van der Waals surface area contributed by atoms with Crippen molar-refractivity contribution in [2.45, 2.75) is 64.4 Å². The minimum absolute atomic E-state index is 0.0338. The van der Waals surface area contributed by atoms with E-state index in [9.17, 15) is 9.59 Å². The number of Topliss-reactive ketones (excluding diaryl/α,β-unsaturated/α-hetero) is 1. The number of carbonyl (C=O) groups excluding carboxylic acids is 2. The summed E-state index contributed by atoms with van der Waals surface area (Å²) in [7, 11) is 0. The lowest BCUT2D eigenvalue weighted by molar-refractivity contribution is -0.130. The van der Waals surface area contributed by atoms with Gasteiger partial charge in [-0.25, -0.2) is 4.79 Å². The van der Waals surface area contributed by atoms with E-state index in [2.05, 4.69) is 13.0 Å². The van der Waals surface area contributed by atoms with Gasteiger partial charge in [-0.3, -0.25) is 4.79 Å². The Balaban J connectivity index is 1.54. The molecule has 3 saturated carbocycles. The Hall–Kier alpha value is -1.32. The molecule has 6 atom stereocenters. The van der Waals surface area contributed by atoms with Crippen molar-refractivity contribution in [1.82, 2.24) is 0 Å². The van der Waals surface area contributed by atoms with E-state index < -0.39 is 6.09 Å². The second-order valence-electron chi connectivity index (χ2n) is 8.31. The van der Waals surface area contributed by atoms with Crippen molar-refractivity contribution in [1.29, 1.82) is 0 Å². The standard InChI is InChI=1S/C19H27NO3/c1-19-9-8-14-13-5-3-12(23-18(20)22)10-11(13)2-4-15(14)16(19)6-7-17(19)21/h2,12-16H,3-10H2,1H3,(H2,20,22)/t12?,13?,14?,15-,16?,19+/m1/s1. The Labute approximate surface area is 137 Å². The molecule has 2 N–H and O–H groups in total. The molecule has 0 aromatic carbocycles. The van der Waals surface area contributed by atoms with Crippen molar-refractivity contribution in [2.24, 2.45) is 34.8 Å². The van der Waals surface area contributed by atoms with Gasteiger partial charge in [0, 0.05) is 18.3 Å². The lowest BCUT2D eigenvalue weighted by Crippen LogP contribution is -2.46. The largest absolute Gasteiger partial charge is 0.446 e. The Kier molecular flexibility index (Phi) is 3.54. The van der Waals surface area contributed by atoms with Gasteiger partial charge in [0.05, 0.1) is 0 Å². The van der Waals surface area contributed by atoms with Crippen LogP contribution in [0.4, 0.5) is 4.79 Å². The minimum atomic E-state index is -0.652. The molecule has 4 unspecified atom stereocenters. The number of carbonyl (C=O) groups is 2. The van der Waals surface area contributed by atoms with Gasteiger partial charge in [-0.15, -0.1) is 0 Å². The molecule has 4 heteroatoms. The van der Waals surface area contributed by atoms with Gasteiger partial charge in [-0.2, -0.15) is 0 Å². The molecule has 0 aromatic rings. The van der Waals surface area contributed by atoms with E-state index in [1.165, 1.54) is 12.0 Å². The second-order valence-corrected chi connectivity index (χ2v) is 8.31. The van der Waals surface area contributed by atoms with Crippen LogP contribution < -0.4 is 5.73 Å². The average Bonchev–Trinajstić information content (AvgIpc) is 2.82. The minimum Gasteiger partial charge on any atom is -0.446 e. The molecule has 0 saturated heterocycles. The molecule has 126 valence electrons. The molecule has 0 aliphatic heterocycles. The first kappa shape index (κ1) is 15.2. The molecule has 0 bridgehead atoms. The molecule has 1 amide bonds. The third kappa shape index (κ3) is 2.33. The van der Waals surface area contributed by atoms with E-state index in [0.717, 1.165) is 50.9 Å². The van der Waals surface area contributed by atoms with Crippen LogP contribution in [0.2, 0.25) is 0 Å². The van der Waals surface area contributed by atoms with Crippen LogP contribution >= 0.6 is 0 Å². The fourth-order valence-corrected chi connectivity index (χ4v) is 6.27. The molecule has 4 nitrogen and oxygen atoms in total. The highest BCUT2D eigenvalue weighted by Crippen LogP contribution is 2.60. The third-order valence-electron chi connectivity index (χ3n) is 7.39. The number of hydrogen-bond donors (Lipinski definition) is 1. The Morgan fingerprint density at radius 3 is 2.87 bits per heavy atom. The van der Waals surface area contributed by atoms with Crippen molar-refractivity contribution in [3.8, 4) is 0 Å². The number of primary amides is 1. The zero-order chi connectivity index (χ0) is 16.2. The Morgan fingerprint density at radius 1 is 1.26 bits per heavy atom. The molecular formula is C19H27NO3. The lowest BCUT2D eigenvalue weighted by atomic mass is 9.53. The molecule has 3 fully saturated rings. The number of ketones is 1. The summed E-state index contributed by atoms with van der Waals surface area (Å²) in [6.45, 7) is 2.22. The quantitative estimate of drug-likeness (QED) is 0.751. The number of rotatable bonds is 1. The van der Waals surface area contributed by atoms with Crippen LogP contribution in [-0.4, -0.2) is 18.0 Å². The molecule has 0 radical (unpaired) electrons. The van der Waals surface area contributed by atoms with Crippen LogP contribution in [0.3, 0.4) is 0 Å². The molecule has 0 spiro atoms. The SMILES string of the molecule is C[C@]12CCC3C4CCC(OC(N)=O)CC4=CC[C@H]3C1CCC2=O. The van der Waals surface area contributed by atoms with E-state index in [1.54, 1.807) is 0 Å². The van der Waals surface area contributed by atoms with Crippen LogP contribution in [0, 0.1) is 29.1 Å². The predicted octanol–water partition coefficient (Wildman–Crippen LogP) is 3.59. The summed E-state index contributed by atoms with van der Waals surface area (Å²) in [5, 5.41) is 0. The van der Waals surface area contributed by atoms with Gasteiger partial charge in [-0.1, -0.05) is 18.6 Å². The highest BCUT2D eigenvalue weighted by molar-refractivity contribution is 5.87. The van der Waals surface area contributed by atoms with Gasteiger partial charge in [0.25, 0.3) is 0 Å². The summed E-state index contributed by atoms with van der Waals surface area (Å²) in [5.74, 6) is 3.15. The molecule has 23 heavy (non-hydrogen) atoms. The summed E-state index contributed by atoms with van der Waals surface area (Å²) >= 11 is 0. The number of nitrogens with two attached hydrogens (primary N) is 1. The summed E-state index contributed by atoms with van der Waals surface area (Å²) in [6.07, 6.45) is 9.85. The van der Waals surface area contributed by atoms with E-state index in [0.29, 0.717) is 23.5 Å². The second kappa shape index (κ2) is 5.35. The summed E-state index contributed by atoms with van der Waals surface area (Å²) in [5.41, 5.74) is 6.61. The van der Waals surface area contributed by atoms with Gasteiger partial charge in [-0.05, 0) is 62.2 Å². The van der Waals surface area contributed by atoms with Crippen molar-refractivity contribution in [3.63, 3.8) is 0 Å². The number of allylic oxidation sites excluding steroid dienone is 1. The summed E-state index contributed by atoms with van der Waals surface area (Å²) in [6, 6.07) is 0. The van der Waals surface area contributed by atoms with Crippen LogP contribution in [0.5, 0.6) is 0 Å². The molecule has 4 aliphatic rings. The monoisotopic (exact) mass is 317 g/mol. The number of hydrogen-bond acceptors (Lipinski definition) is 3. The van der Waals surface area contributed by atoms with E-state index in [4.69, 9.17) is 10.5 Å². The van der Waals surface area contributed by atoms with Crippen molar-refractivity contribution in [2.75, 3.05) is 0 Å². The van der Waals surface area contributed by atoms with Gasteiger partial charge in [0.15, 0.2) is 0 Å². The van der Waals surface area contributed by atoms with Gasteiger partial charge < -0.3 is 10.5 Å². The Morgan fingerprint density at radius 2 is 2.09 bits per heavy atom. The fraction of sp³-hybridized carbons (Fsp3) is 0.789. The Bertz CT molecular complexity index is 569. The molecular weight excluding hydrogens is 290 g/mol. The number of ether oxygens (including phenoxy) is 1. The van der Waals surface area contributed by atoms with E-state index in [-0.39, 0.29) is 11.5 Å². The smallest absolute Gasteiger partial charge is 0.404 e. The molecule has 4 rings (SSSR count). The zero-order valence-electron chi connectivity index (χ0n) is 13.9. The number of amides is 1. The lowest BCUT2D eigenvalue weighted by Gasteiger charge is -2.51. The van der Waals surface area contributed by atoms with Crippen LogP contribution in [0.1, 0.15) is 58.3 Å². The van der Waals surface area contributed by atoms with Gasteiger partial charge >= 0.3 is 6.09 Å². The van der Waals surface area contributed by atoms with Crippen LogP contribution in [0.25, 0.3) is 0 Å². The molecule has 0 heterocycles. The average molecular weight is 317 g/mol. The molecule has 4 aliphatic carbocycles. The maximum atomic E-state index is 12.4. The zero-order valence-corrected chi connectivity index (χ0v) is 13.9. The first-order valence-corrected chi connectivity index (χ1v) is 9.17.